The van der Waals surface area contributed by atoms with E-state index in [1.165, 1.54) is 0 Å². The Morgan fingerprint density at radius 2 is 2.05 bits per heavy atom. The number of nitrogen functional groups attached to an aromatic ring is 1. The number of carbonyl (C=O) groups excluding carboxylic acids is 1. The largest absolute Gasteiger partial charge is 0.491 e. The van der Waals surface area contributed by atoms with Crippen LogP contribution in [0.2, 0.25) is 0 Å². The van der Waals surface area contributed by atoms with Crippen LogP contribution in [0.25, 0.3) is 0 Å². The molecule has 21 heavy (non-hydrogen) atoms. The Morgan fingerprint density at radius 1 is 1.38 bits per heavy atom. The fourth-order valence-electron chi connectivity index (χ4n) is 1.98. The summed E-state index contributed by atoms with van der Waals surface area (Å²) in [6, 6.07) is 7.14. The highest BCUT2D eigenvalue weighted by Gasteiger charge is 2.25. The van der Waals surface area contributed by atoms with Crippen LogP contribution in [0.4, 0.5) is 5.69 Å². The van der Waals surface area contributed by atoms with Gasteiger partial charge in [-0.2, -0.15) is 0 Å². The van der Waals surface area contributed by atoms with Crippen LogP contribution in [0, 0.1) is 5.41 Å². The molecule has 5 nitrogen and oxygen atoms in total. The molecular formula is C16H26N2O3. The van der Waals surface area contributed by atoms with Crippen molar-refractivity contribution < 1.29 is 14.6 Å². The maximum absolute atomic E-state index is 11.9. The third kappa shape index (κ3) is 6.04. The molecule has 1 unspecified atom stereocenters. The number of aliphatic hydroxyl groups excluding tert-OH is 1. The summed E-state index contributed by atoms with van der Waals surface area (Å²) < 4.78 is 5.50. The van der Waals surface area contributed by atoms with Gasteiger partial charge in [0.25, 0.3) is 0 Å². The molecule has 0 saturated heterocycles. The summed E-state index contributed by atoms with van der Waals surface area (Å²) in [4.78, 5) is 11.9. The van der Waals surface area contributed by atoms with Gasteiger partial charge in [-0.1, -0.05) is 32.9 Å². The van der Waals surface area contributed by atoms with Crippen molar-refractivity contribution in [3.05, 3.63) is 24.3 Å². The zero-order valence-corrected chi connectivity index (χ0v) is 13.1. The van der Waals surface area contributed by atoms with Crippen LogP contribution in [0.5, 0.6) is 5.75 Å². The summed E-state index contributed by atoms with van der Waals surface area (Å²) in [6.07, 6.45) is 0.800. The molecule has 4 N–H and O–H groups in total. The third-order valence-electron chi connectivity index (χ3n) is 3.30. The first-order valence-electron chi connectivity index (χ1n) is 7.22. The fraction of sp³-hybridized carbons (Fsp3) is 0.562. The van der Waals surface area contributed by atoms with Crippen molar-refractivity contribution in [1.82, 2.24) is 5.32 Å². The lowest BCUT2D eigenvalue weighted by molar-refractivity contribution is -0.123. The Balaban J connectivity index is 2.41. The van der Waals surface area contributed by atoms with Crippen molar-refractivity contribution in [2.24, 2.45) is 5.41 Å². The first kappa shape index (κ1) is 17.3. The van der Waals surface area contributed by atoms with E-state index in [1.807, 2.05) is 32.9 Å². The summed E-state index contributed by atoms with van der Waals surface area (Å²) in [6.45, 7) is 6.44. The summed E-state index contributed by atoms with van der Waals surface area (Å²) >= 11 is 0. The molecule has 0 spiro atoms. The first-order chi connectivity index (χ1) is 9.84. The highest BCUT2D eigenvalue weighted by Crippen LogP contribution is 2.22. The second-order valence-electron chi connectivity index (χ2n) is 6.13. The minimum absolute atomic E-state index is 0.0548. The van der Waals surface area contributed by atoms with Gasteiger partial charge in [0.2, 0.25) is 5.91 Å². The van der Waals surface area contributed by atoms with Gasteiger partial charge in [0.1, 0.15) is 5.75 Å². The number of rotatable bonds is 7. The molecule has 0 saturated carbocycles. The molecule has 0 heterocycles. The number of amides is 1. The van der Waals surface area contributed by atoms with Gasteiger partial charge in [0, 0.05) is 12.6 Å². The summed E-state index contributed by atoms with van der Waals surface area (Å²) in [5.41, 5.74) is 6.23. The lowest BCUT2D eigenvalue weighted by atomic mass is 9.85. The molecule has 1 rings (SSSR count). The van der Waals surface area contributed by atoms with Crippen molar-refractivity contribution in [2.75, 3.05) is 18.9 Å². The molecule has 1 aromatic rings. The molecule has 0 fully saturated rings. The lowest BCUT2D eigenvalue weighted by Crippen LogP contribution is -2.44. The number of hydrogen-bond acceptors (Lipinski definition) is 4. The minimum Gasteiger partial charge on any atom is -0.491 e. The van der Waals surface area contributed by atoms with E-state index in [1.54, 1.807) is 12.1 Å². The average Bonchev–Trinajstić information content (AvgIpc) is 2.39. The third-order valence-corrected chi connectivity index (χ3v) is 3.30. The van der Waals surface area contributed by atoms with E-state index in [9.17, 15) is 4.79 Å². The van der Waals surface area contributed by atoms with E-state index >= 15 is 0 Å². The van der Waals surface area contributed by atoms with Crippen molar-refractivity contribution in [3.8, 4) is 5.75 Å². The predicted molar refractivity (Wildman–Crippen MR) is 84.1 cm³/mol. The molecule has 0 bridgehead atoms. The monoisotopic (exact) mass is 294 g/mol. The number of anilines is 1. The topological polar surface area (TPSA) is 84.6 Å². The van der Waals surface area contributed by atoms with Gasteiger partial charge >= 0.3 is 0 Å². The standard InChI is InChI=1S/C16H26N2O3/c1-16(2,3)14(8-10-19)18-15(20)9-11-21-13-7-5-4-6-12(13)17/h4-7,14,19H,8-11,17H2,1-3H3,(H,18,20). The molecule has 0 aliphatic rings. The smallest absolute Gasteiger partial charge is 0.223 e. The molecule has 5 heteroatoms. The number of ether oxygens (including phenoxy) is 1. The van der Waals surface area contributed by atoms with Gasteiger partial charge in [-0.15, -0.1) is 0 Å². The number of para-hydroxylation sites is 2. The first-order valence-corrected chi connectivity index (χ1v) is 7.22. The van der Waals surface area contributed by atoms with E-state index in [0.717, 1.165) is 0 Å². The molecule has 1 aromatic carbocycles. The maximum Gasteiger partial charge on any atom is 0.223 e. The van der Waals surface area contributed by atoms with Crippen LogP contribution in [0.15, 0.2) is 24.3 Å². The lowest BCUT2D eigenvalue weighted by Gasteiger charge is -2.31. The molecule has 0 aliphatic heterocycles. The molecule has 0 aliphatic carbocycles. The number of carbonyl (C=O) groups is 1. The molecule has 0 aromatic heterocycles. The highest BCUT2D eigenvalue weighted by atomic mass is 16.5. The average molecular weight is 294 g/mol. The van der Waals surface area contributed by atoms with Crippen LogP contribution in [-0.4, -0.2) is 30.3 Å². The Bertz CT molecular complexity index is 455. The van der Waals surface area contributed by atoms with Gasteiger partial charge in [-0.3, -0.25) is 4.79 Å². The molecule has 1 amide bonds. The van der Waals surface area contributed by atoms with Crippen molar-refractivity contribution in [3.63, 3.8) is 0 Å². The second-order valence-corrected chi connectivity index (χ2v) is 6.13. The van der Waals surface area contributed by atoms with Crippen molar-refractivity contribution >= 4 is 11.6 Å². The molecular weight excluding hydrogens is 268 g/mol. The molecule has 0 radical (unpaired) electrons. The Kier molecular flexibility index (Phi) is 6.49. The van der Waals surface area contributed by atoms with Crippen LogP contribution in [-0.2, 0) is 4.79 Å². The normalized spacial score (nSPS) is 12.8. The summed E-state index contributed by atoms with van der Waals surface area (Å²) in [7, 11) is 0. The van der Waals surface area contributed by atoms with E-state index in [-0.39, 0.29) is 37.0 Å². The van der Waals surface area contributed by atoms with E-state index in [0.29, 0.717) is 17.9 Å². The number of aliphatic hydroxyl groups is 1. The zero-order valence-electron chi connectivity index (χ0n) is 13.1. The molecule has 118 valence electrons. The predicted octanol–water partition coefficient (Wildman–Crippen LogP) is 1.95. The van der Waals surface area contributed by atoms with Crippen LogP contribution < -0.4 is 15.8 Å². The zero-order chi connectivity index (χ0) is 15.9. The van der Waals surface area contributed by atoms with Crippen LogP contribution in [0.3, 0.4) is 0 Å². The second kappa shape index (κ2) is 7.88. The van der Waals surface area contributed by atoms with Gasteiger partial charge in [-0.05, 0) is 24.0 Å². The van der Waals surface area contributed by atoms with E-state index in [4.69, 9.17) is 15.6 Å². The Morgan fingerprint density at radius 3 is 2.62 bits per heavy atom. The van der Waals surface area contributed by atoms with Crippen molar-refractivity contribution in [2.45, 2.75) is 39.7 Å². The van der Waals surface area contributed by atoms with E-state index < -0.39 is 0 Å². The quantitative estimate of drug-likeness (QED) is 0.671. The Labute approximate surface area is 126 Å². The van der Waals surface area contributed by atoms with Gasteiger partial charge < -0.3 is 20.9 Å². The number of benzene rings is 1. The summed E-state index contributed by atoms with van der Waals surface area (Å²) in [5.74, 6) is 0.505. The van der Waals surface area contributed by atoms with Crippen LogP contribution >= 0.6 is 0 Å². The highest BCUT2D eigenvalue weighted by molar-refractivity contribution is 5.76. The maximum atomic E-state index is 11.9. The number of nitrogens with one attached hydrogen (secondary N) is 1. The SMILES string of the molecule is CC(C)(C)C(CCO)NC(=O)CCOc1ccccc1N. The van der Waals surface area contributed by atoms with Crippen LogP contribution in [0.1, 0.15) is 33.6 Å². The number of hydrogen-bond donors (Lipinski definition) is 3. The Hall–Kier alpha value is -1.75. The summed E-state index contributed by atoms with van der Waals surface area (Å²) in [5, 5.41) is 12.0. The van der Waals surface area contributed by atoms with Gasteiger partial charge in [-0.25, -0.2) is 0 Å². The van der Waals surface area contributed by atoms with E-state index in [2.05, 4.69) is 5.32 Å². The number of nitrogens with two attached hydrogens (primary N) is 1. The van der Waals surface area contributed by atoms with Gasteiger partial charge in [0.05, 0.1) is 18.7 Å². The van der Waals surface area contributed by atoms with Crippen molar-refractivity contribution in [1.29, 1.82) is 0 Å². The van der Waals surface area contributed by atoms with Gasteiger partial charge in [0.15, 0.2) is 0 Å². The fourth-order valence-corrected chi connectivity index (χ4v) is 1.98. The molecule has 1 atom stereocenters. The minimum atomic E-state index is -0.0941.